The number of aliphatic hydroxyl groups is 2. The van der Waals surface area contributed by atoms with Gasteiger partial charge >= 0.3 is 0 Å². The van der Waals surface area contributed by atoms with E-state index in [1.165, 1.54) is 4.90 Å². The zero-order valence-electron chi connectivity index (χ0n) is 12.5. The highest BCUT2D eigenvalue weighted by atomic mass is 16.3. The van der Waals surface area contributed by atoms with Gasteiger partial charge in [-0.25, -0.2) is 0 Å². The zero-order chi connectivity index (χ0) is 15.4. The second-order valence-electron chi connectivity index (χ2n) is 4.97. The lowest BCUT2D eigenvalue weighted by molar-refractivity contribution is 0.0674. The van der Waals surface area contributed by atoms with E-state index in [2.05, 4.69) is 0 Å². The summed E-state index contributed by atoms with van der Waals surface area (Å²) in [4.78, 5) is 14.3. The highest BCUT2D eigenvalue weighted by Gasteiger charge is 2.23. The van der Waals surface area contributed by atoms with E-state index in [-0.39, 0.29) is 32.2 Å². The Labute approximate surface area is 124 Å². The van der Waals surface area contributed by atoms with Crippen LogP contribution in [0.1, 0.15) is 23.0 Å². The van der Waals surface area contributed by atoms with E-state index in [4.69, 9.17) is 10.2 Å². The lowest BCUT2D eigenvalue weighted by Crippen LogP contribution is -2.37. The molecule has 0 fully saturated rings. The number of aryl methyl sites for hydroxylation is 2. The molecule has 1 aromatic heterocycles. The van der Waals surface area contributed by atoms with Crippen LogP contribution in [-0.2, 0) is 6.54 Å². The fourth-order valence-corrected chi connectivity index (χ4v) is 2.79. The van der Waals surface area contributed by atoms with Gasteiger partial charge in [0.15, 0.2) is 0 Å². The Bertz CT molecular complexity index is 628. The van der Waals surface area contributed by atoms with E-state index in [9.17, 15) is 4.79 Å². The van der Waals surface area contributed by atoms with Gasteiger partial charge in [-0.3, -0.25) is 4.79 Å². The lowest BCUT2D eigenvalue weighted by Gasteiger charge is -2.22. The number of carbonyl (C=O) groups is 1. The first-order chi connectivity index (χ1) is 10.2. The average molecular weight is 290 g/mol. The summed E-state index contributed by atoms with van der Waals surface area (Å²) in [7, 11) is 0. The minimum atomic E-state index is -0.145. The molecule has 0 unspecified atom stereocenters. The van der Waals surface area contributed by atoms with Crippen molar-refractivity contribution in [1.82, 2.24) is 9.47 Å². The molecule has 2 aromatic rings. The highest BCUT2D eigenvalue weighted by molar-refractivity contribution is 6.01. The SMILES string of the molecule is CCn1c(C(=O)N(CCO)CCO)c(C)c2ccccc21. The Balaban J connectivity index is 2.54. The van der Waals surface area contributed by atoms with Crippen LogP contribution in [0.3, 0.4) is 0 Å². The summed E-state index contributed by atoms with van der Waals surface area (Å²) in [5.41, 5.74) is 2.62. The molecule has 0 aliphatic heterocycles. The van der Waals surface area contributed by atoms with E-state index in [1.807, 2.05) is 42.7 Å². The van der Waals surface area contributed by atoms with Gasteiger partial charge in [0.25, 0.3) is 5.91 Å². The van der Waals surface area contributed by atoms with E-state index < -0.39 is 0 Å². The van der Waals surface area contributed by atoms with Crippen LogP contribution in [0.2, 0.25) is 0 Å². The number of fused-ring (bicyclic) bond motifs is 1. The van der Waals surface area contributed by atoms with Crippen molar-refractivity contribution in [1.29, 1.82) is 0 Å². The maximum atomic E-state index is 12.8. The van der Waals surface area contributed by atoms with Crippen LogP contribution < -0.4 is 0 Å². The Morgan fingerprint density at radius 1 is 1.19 bits per heavy atom. The number of hydrogen-bond acceptors (Lipinski definition) is 3. The molecule has 0 aliphatic rings. The summed E-state index contributed by atoms with van der Waals surface area (Å²) < 4.78 is 1.99. The second kappa shape index (κ2) is 6.74. The molecule has 114 valence electrons. The fourth-order valence-electron chi connectivity index (χ4n) is 2.79. The molecule has 0 bridgehead atoms. The van der Waals surface area contributed by atoms with E-state index in [1.54, 1.807) is 0 Å². The van der Waals surface area contributed by atoms with Gasteiger partial charge in [-0.1, -0.05) is 18.2 Å². The third-order valence-electron chi connectivity index (χ3n) is 3.77. The number of aliphatic hydroxyl groups excluding tert-OH is 2. The van der Waals surface area contributed by atoms with Crippen molar-refractivity contribution in [2.75, 3.05) is 26.3 Å². The van der Waals surface area contributed by atoms with Crippen LogP contribution in [0.25, 0.3) is 10.9 Å². The van der Waals surface area contributed by atoms with Crippen molar-refractivity contribution in [3.8, 4) is 0 Å². The maximum absolute atomic E-state index is 12.8. The first-order valence-corrected chi connectivity index (χ1v) is 7.24. The van der Waals surface area contributed by atoms with Gasteiger partial charge in [-0.2, -0.15) is 0 Å². The molecule has 0 radical (unpaired) electrons. The summed E-state index contributed by atoms with van der Waals surface area (Å²) in [5.74, 6) is -0.145. The molecule has 5 nitrogen and oxygen atoms in total. The van der Waals surface area contributed by atoms with Gasteiger partial charge in [0.2, 0.25) is 0 Å². The number of benzene rings is 1. The lowest BCUT2D eigenvalue weighted by atomic mass is 10.1. The van der Waals surface area contributed by atoms with E-state index >= 15 is 0 Å². The molecule has 1 aromatic carbocycles. The van der Waals surface area contributed by atoms with Crippen molar-refractivity contribution in [2.45, 2.75) is 20.4 Å². The molecule has 0 saturated heterocycles. The first-order valence-electron chi connectivity index (χ1n) is 7.24. The molecule has 2 N–H and O–H groups in total. The van der Waals surface area contributed by atoms with Crippen LogP contribution in [-0.4, -0.2) is 51.9 Å². The predicted octanol–water partition coefficient (Wildman–Crippen LogP) is 1.40. The zero-order valence-corrected chi connectivity index (χ0v) is 12.5. The number of amides is 1. The minimum absolute atomic E-state index is 0.114. The molecule has 21 heavy (non-hydrogen) atoms. The second-order valence-corrected chi connectivity index (χ2v) is 4.97. The van der Waals surface area contributed by atoms with Gasteiger partial charge in [0.05, 0.1) is 13.2 Å². The standard InChI is InChI=1S/C16H22N2O3/c1-3-18-14-7-5-4-6-13(14)12(2)15(18)16(21)17(8-10-19)9-11-20/h4-7,19-20H,3,8-11H2,1-2H3. The van der Waals surface area contributed by atoms with Crippen molar-refractivity contribution in [3.05, 3.63) is 35.5 Å². The Morgan fingerprint density at radius 3 is 2.38 bits per heavy atom. The molecular weight excluding hydrogens is 268 g/mol. The van der Waals surface area contributed by atoms with Crippen LogP contribution >= 0.6 is 0 Å². The quantitative estimate of drug-likeness (QED) is 0.845. The highest BCUT2D eigenvalue weighted by Crippen LogP contribution is 2.26. The molecule has 5 heteroatoms. The van der Waals surface area contributed by atoms with Gasteiger partial charge in [0.1, 0.15) is 5.69 Å². The number of para-hydroxylation sites is 1. The van der Waals surface area contributed by atoms with Gasteiger partial charge in [-0.05, 0) is 25.5 Å². The largest absolute Gasteiger partial charge is 0.395 e. The predicted molar refractivity (Wildman–Crippen MR) is 82.4 cm³/mol. The van der Waals surface area contributed by atoms with Crippen LogP contribution in [0.15, 0.2) is 24.3 Å². The third-order valence-corrected chi connectivity index (χ3v) is 3.77. The summed E-state index contributed by atoms with van der Waals surface area (Å²) in [5, 5.41) is 19.3. The van der Waals surface area contributed by atoms with E-state index in [0.29, 0.717) is 12.2 Å². The molecule has 0 aliphatic carbocycles. The normalized spacial score (nSPS) is 11.0. The van der Waals surface area contributed by atoms with Gasteiger partial charge < -0.3 is 19.7 Å². The molecule has 2 rings (SSSR count). The van der Waals surface area contributed by atoms with E-state index in [0.717, 1.165) is 16.5 Å². The molecule has 1 heterocycles. The minimum Gasteiger partial charge on any atom is -0.395 e. The van der Waals surface area contributed by atoms with Crippen molar-refractivity contribution >= 4 is 16.8 Å². The third kappa shape index (κ3) is 2.80. The molecular formula is C16H22N2O3. The molecule has 0 atom stereocenters. The monoisotopic (exact) mass is 290 g/mol. The molecule has 0 saturated carbocycles. The van der Waals surface area contributed by atoms with Gasteiger partial charge in [0, 0.05) is 30.5 Å². The Kier molecular flexibility index (Phi) is 4.98. The van der Waals surface area contributed by atoms with Crippen molar-refractivity contribution < 1.29 is 15.0 Å². The summed E-state index contributed by atoms with van der Waals surface area (Å²) in [6.45, 7) is 4.87. The maximum Gasteiger partial charge on any atom is 0.270 e. The fraction of sp³-hybridized carbons (Fsp3) is 0.438. The van der Waals surface area contributed by atoms with Crippen LogP contribution in [0.4, 0.5) is 0 Å². The smallest absolute Gasteiger partial charge is 0.270 e. The van der Waals surface area contributed by atoms with Crippen molar-refractivity contribution in [2.24, 2.45) is 0 Å². The average Bonchev–Trinajstić information content (AvgIpc) is 2.79. The van der Waals surface area contributed by atoms with Crippen molar-refractivity contribution in [3.63, 3.8) is 0 Å². The van der Waals surface area contributed by atoms with Crippen LogP contribution in [0.5, 0.6) is 0 Å². The van der Waals surface area contributed by atoms with Crippen LogP contribution in [0, 0.1) is 6.92 Å². The Morgan fingerprint density at radius 2 is 1.81 bits per heavy atom. The number of nitrogens with zero attached hydrogens (tertiary/aromatic N) is 2. The number of carbonyl (C=O) groups excluding carboxylic acids is 1. The number of rotatable bonds is 6. The summed E-state index contributed by atoms with van der Waals surface area (Å²) in [6.07, 6.45) is 0. The molecule has 0 spiro atoms. The first kappa shape index (κ1) is 15.5. The Hall–Kier alpha value is -1.85. The van der Waals surface area contributed by atoms with Gasteiger partial charge in [-0.15, -0.1) is 0 Å². The molecule has 1 amide bonds. The summed E-state index contributed by atoms with van der Waals surface area (Å²) >= 11 is 0. The summed E-state index contributed by atoms with van der Waals surface area (Å²) in [6, 6.07) is 7.94. The topological polar surface area (TPSA) is 65.7 Å². The number of aromatic nitrogens is 1. The number of hydrogen-bond donors (Lipinski definition) is 2.